The van der Waals surface area contributed by atoms with Crippen LogP contribution < -0.4 is 26.3 Å². The minimum Gasteiger partial charge on any atom is -0.256 e. The van der Waals surface area contributed by atoms with Gasteiger partial charge in [0.25, 0.3) is 0 Å². The number of rotatable bonds is 6. The fraction of sp³-hybridized carbons (Fsp3) is 0. The van der Waals surface area contributed by atoms with Gasteiger partial charge in [0.1, 0.15) is 0 Å². The summed E-state index contributed by atoms with van der Waals surface area (Å²) < 4.78 is 0. The topological polar surface area (TPSA) is 12.9 Å². The molecule has 1 aromatic heterocycles. The van der Waals surface area contributed by atoms with E-state index in [9.17, 15) is 0 Å². The Morgan fingerprint density at radius 2 is 1.11 bits per heavy atom. The Kier molecular flexibility index (Phi) is 6.54. The summed E-state index contributed by atoms with van der Waals surface area (Å²) in [6.07, 6.45) is 1.89. The molecule has 0 saturated carbocycles. The van der Waals surface area contributed by atoms with Gasteiger partial charge >= 0.3 is 0 Å². The zero-order chi connectivity index (χ0) is 24.2. The predicted octanol–water partition coefficient (Wildman–Crippen LogP) is 4.78. The van der Waals surface area contributed by atoms with Crippen molar-refractivity contribution in [2.75, 3.05) is 0 Å². The van der Waals surface area contributed by atoms with Crippen LogP contribution in [0.25, 0.3) is 22.0 Å². The standard InChI is InChI=1S/C33H26NPSi/c1-3-15-26(16-4-1)35(27-17-5-2-6-18-27)30-21-11-13-25-14-12-23-32(33(25)30)36-31-22-8-7-19-28(31)29-20-9-10-24-34-29/h1-24H,36H2. The Hall–Kier alpha value is -3.84. The molecule has 0 amide bonds. The van der Waals surface area contributed by atoms with E-state index in [1.807, 2.05) is 12.3 Å². The van der Waals surface area contributed by atoms with Gasteiger partial charge in [-0.25, -0.2) is 0 Å². The van der Waals surface area contributed by atoms with Crippen LogP contribution in [0.5, 0.6) is 0 Å². The van der Waals surface area contributed by atoms with Crippen LogP contribution in [0.1, 0.15) is 0 Å². The lowest BCUT2D eigenvalue weighted by atomic mass is 10.1. The third-order valence-corrected chi connectivity index (χ3v) is 11.0. The van der Waals surface area contributed by atoms with E-state index in [1.54, 1.807) is 0 Å². The molecule has 172 valence electrons. The highest BCUT2D eigenvalue weighted by Crippen LogP contribution is 2.35. The molecule has 0 saturated heterocycles. The maximum absolute atomic E-state index is 4.66. The molecule has 0 spiro atoms. The first-order chi connectivity index (χ1) is 17.9. The Bertz CT molecular complexity index is 1560. The van der Waals surface area contributed by atoms with Crippen LogP contribution in [0.4, 0.5) is 0 Å². The van der Waals surface area contributed by atoms with Gasteiger partial charge in [-0.05, 0) is 52.3 Å². The van der Waals surface area contributed by atoms with Crippen molar-refractivity contribution in [3.63, 3.8) is 0 Å². The molecule has 0 atom stereocenters. The summed E-state index contributed by atoms with van der Waals surface area (Å²) in [6.45, 7) is 0. The van der Waals surface area contributed by atoms with Gasteiger partial charge in [-0.15, -0.1) is 0 Å². The average molecular weight is 496 g/mol. The van der Waals surface area contributed by atoms with Crippen molar-refractivity contribution in [2.45, 2.75) is 0 Å². The smallest absolute Gasteiger partial charge is 0.0892 e. The van der Waals surface area contributed by atoms with E-state index >= 15 is 0 Å². The molecule has 0 unspecified atom stereocenters. The van der Waals surface area contributed by atoms with E-state index in [2.05, 4.69) is 138 Å². The minimum atomic E-state index is -0.771. The third kappa shape index (κ3) is 4.54. The molecule has 3 heteroatoms. The van der Waals surface area contributed by atoms with Crippen molar-refractivity contribution in [1.82, 2.24) is 4.98 Å². The minimum absolute atomic E-state index is 0.678. The highest BCUT2D eigenvalue weighted by molar-refractivity contribution is 7.80. The van der Waals surface area contributed by atoms with E-state index in [1.165, 1.54) is 42.6 Å². The van der Waals surface area contributed by atoms with E-state index in [-0.39, 0.29) is 0 Å². The zero-order valence-electron chi connectivity index (χ0n) is 20.0. The van der Waals surface area contributed by atoms with Gasteiger partial charge in [-0.1, -0.05) is 138 Å². The molecule has 6 aromatic rings. The lowest BCUT2D eigenvalue weighted by Gasteiger charge is -2.23. The number of pyridine rings is 1. The molecule has 0 N–H and O–H groups in total. The SMILES string of the molecule is c1ccc(P(c2ccccc2)c2cccc3cccc([SiH2]c4ccccc4-c4ccccn4)c23)cc1. The van der Waals surface area contributed by atoms with Crippen molar-refractivity contribution in [3.05, 3.63) is 146 Å². The summed E-state index contributed by atoms with van der Waals surface area (Å²) in [5.41, 5.74) is 2.31. The second kappa shape index (κ2) is 10.4. The molecule has 5 aromatic carbocycles. The first kappa shape index (κ1) is 22.6. The van der Waals surface area contributed by atoms with Crippen LogP contribution in [-0.2, 0) is 0 Å². The summed E-state index contributed by atoms with van der Waals surface area (Å²) in [5, 5.41) is 9.90. The number of nitrogens with zero attached hydrogens (tertiary/aromatic N) is 1. The van der Waals surface area contributed by atoms with Crippen molar-refractivity contribution < 1.29 is 0 Å². The summed E-state index contributed by atoms with van der Waals surface area (Å²) in [6, 6.07) is 50.7. The normalized spacial score (nSPS) is 11.5. The fourth-order valence-corrected chi connectivity index (χ4v) is 9.62. The molecule has 6 rings (SSSR count). The quantitative estimate of drug-likeness (QED) is 0.239. The van der Waals surface area contributed by atoms with Crippen LogP contribution in [0.15, 0.2) is 146 Å². The summed E-state index contributed by atoms with van der Waals surface area (Å²) >= 11 is 0. The number of benzene rings is 5. The fourth-order valence-electron chi connectivity index (χ4n) is 4.96. The molecule has 0 bridgehead atoms. The van der Waals surface area contributed by atoms with Crippen molar-refractivity contribution in [2.24, 2.45) is 0 Å². The Balaban J connectivity index is 1.54. The molecular weight excluding hydrogens is 469 g/mol. The Morgan fingerprint density at radius 3 is 1.81 bits per heavy atom. The number of fused-ring (bicyclic) bond motifs is 1. The maximum atomic E-state index is 4.66. The lowest BCUT2D eigenvalue weighted by molar-refractivity contribution is 1.33. The monoisotopic (exact) mass is 495 g/mol. The van der Waals surface area contributed by atoms with E-state index in [0.29, 0.717) is 0 Å². The van der Waals surface area contributed by atoms with E-state index < -0.39 is 17.4 Å². The molecule has 0 aliphatic carbocycles. The highest BCUT2D eigenvalue weighted by Gasteiger charge is 2.20. The molecule has 0 fully saturated rings. The third-order valence-electron chi connectivity index (χ3n) is 6.58. The van der Waals surface area contributed by atoms with Gasteiger partial charge in [-0.2, -0.15) is 0 Å². The molecule has 0 aliphatic heterocycles. The second-order valence-corrected chi connectivity index (χ2v) is 12.9. The number of aromatic nitrogens is 1. The molecule has 0 radical (unpaired) electrons. The first-order valence-electron chi connectivity index (χ1n) is 12.3. The zero-order valence-corrected chi connectivity index (χ0v) is 22.3. The average Bonchev–Trinajstić information content (AvgIpc) is 2.95. The summed E-state index contributed by atoms with van der Waals surface area (Å²) in [7, 11) is -1.45. The largest absolute Gasteiger partial charge is 0.256 e. The second-order valence-electron chi connectivity index (χ2n) is 8.85. The molecule has 36 heavy (non-hydrogen) atoms. The summed E-state index contributed by atoms with van der Waals surface area (Å²) in [5.74, 6) is 0. The molecule has 1 heterocycles. The predicted molar refractivity (Wildman–Crippen MR) is 160 cm³/mol. The summed E-state index contributed by atoms with van der Waals surface area (Å²) in [4.78, 5) is 4.66. The van der Waals surface area contributed by atoms with Gasteiger partial charge in [0.15, 0.2) is 0 Å². The lowest BCUT2D eigenvalue weighted by Crippen LogP contribution is -2.32. The first-order valence-corrected chi connectivity index (χ1v) is 15.0. The van der Waals surface area contributed by atoms with Crippen LogP contribution in [0, 0.1) is 0 Å². The van der Waals surface area contributed by atoms with E-state index in [0.717, 1.165) is 5.69 Å². The molecule has 1 nitrogen and oxygen atoms in total. The maximum Gasteiger partial charge on any atom is 0.0892 e. The molecule has 0 aliphatic rings. The van der Waals surface area contributed by atoms with Crippen molar-refractivity contribution in [3.8, 4) is 11.3 Å². The van der Waals surface area contributed by atoms with Gasteiger partial charge in [0.05, 0.1) is 15.2 Å². The van der Waals surface area contributed by atoms with Crippen molar-refractivity contribution in [1.29, 1.82) is 0 Å². The highest BCUT2D eigenvalue weighted by atomic mass is 31.1. The van der Waals surface area contributed by atoms with Crippen LogP contribution in [0.3, 0.4) is 0 Å². The number of hydrogen-bond acceptors (Lipinski definition) is 1. The van der Waals surface area contributed by atoms with Crippen molar-refractivity contribution >= 4 is 54.5 Å². The van der Waals surface area contributed by atoms with Crippen LogP contribution in [0.2, 0.25) is 0 Å². The Labute approximate surface area is 216 Å². The Morgan fingerprint density at radius 1 is 0.500 bits per heavy atom. The van der Waals surface area contributed by atoms with Gasteiger partial charge < -0.3 is 0 Å². The van der Waals surface area contributed by atoms with Gasteiger partial charge in [0, 0.05) is 6.20 Å². The van der Waals surface area contributed by atoms with Gasteiger partial charge in [-0.3, -0.25) is 4.98 Å². The number of hydrogen-bond donors (Lipinski definition) is 0. The van der Waals surface area contributed by atoms with Gasteiger partial charge in [0.2, 0.25) is 0 Å². The van der Waals surface area contributed by atoms with Crippen LogP contribution >= 0.6 is 7.92 Å². The molecular formula is C33H26NPSi. The van der Waals surface area contributed by atoms with Crippen LogP contribution in [-0.4, -0.2) is 14.5 Å². The van der Waals surface area contributed by atoms with E-state index in [4.69, 9.17) is 0 Å².